The third-order valence-electron chi connectivity index (χ3n) is 2.16. The van der Waals surface area contributed by atoms with Crippen LogP contribution >= 0.6 is 0 Å². The van der Waals surface area contributed by atoms with Gasteiger partial charge in [0.25, 0.3) is 0 Å². The van der Waals surface area contributed by atoms with Crippen molar-refractivity contribution in [1.82, 2.24) is 0 Å². The van der Waals surface area contributed by atoms with Crippen molar-refractivity contribution in [2.45, 2.75) is 47.5 Å². The van der Waals surface area contributed by atoms with E-state index in [-0.39, 0.29) is 0 Å². The van der Waals surface area contributed by atoms with E-state index in [2.05, 4.69) is 34.6 Å². The maximum absolute atomic E-state index is 2.28. The van der Waals surface area contributed by atoms with E-state index in [9.17, 15) is 0 Å². The highest BCUT2D eigenvalue weighted by molar-refractivity contribution is 5.13. The van der Waals surface area contributed by atoms with Crippen molar-refractivity contribution >= 4 is 0 Å². The second-order valence-electron chi connectivity index (χ2n) is 3.17. The molecule has 0 aliphatic heterocycles. The fraction of sp³-hybridized carbons (Fsp3) is 0.800. The molecule has 0 aromatic rings. The van der Waals surface area contributed by atoms with Gasteiger partial charge in [-0.1, -0.05) is 38.8 Å². The van der Waals surface area contributed by atoms with Gasteiger partial charge in [0, 0.05) is 0 Å². The summed E-state index contributed by atoms with van der Waals surface area (Å²) in [6, 6.07) is 0. The molecule has 10 heavy (non-hydrogen) atoms. The zero-order valence-electron chi connectivity index (χ0n) is 7.99. The van der Waals surface area contributed by atoms with Crippen LogP contribution in [-0.4, -0.2) is 0 Å². The summed E-state index contributed by atoms with van der Waals surface area (Å²) >= 11 is 0. The lowest BCUT2D eigenvalue weighted by Gasteiger charge is -2.12. The Labute approximate surface area is 65.3 Å². The standard InChI is InChI=1S/C10H20/c1-6-9(5)10(7-2)8(3)4/h8H,6-7H2,1-5H3/b10-9-. The van der Waals surface area contributed by atoms with Crippen molar-refractivity contribution in [3.63, 3.8) is 0 Å². The summed E-state index contributed by atoms with van der Waals surface area (Å²) in [7, 11) is 0. The summed E-state index contributed by atoms with van der Waals surface area (Å²) < 4.78 is 0. The largest absolute Gasteiger partial charge is 0.0741 e. The first kappa shape index (κ1) is 9.74. The Morgan fingerprint density at radius 1 is 1.10 bits per heavy atom. The van der Waals surface area contributed by atoms with Crippen LogP contribution in [0.4, 0.5) is 0 Å². The number of allylic oxidation sites excluding steroid dienone is 2. The molecule has 60 valence electrons. The SMILES string of the molecule is CC/C(C)=C(/CC)C(C)C. The summed E-state index contributed by atoms with van der Waals surface area (Å²) in [5, 5.41) is 0. The predicted molar refractivity (Wildman–Crippen MR) is 48.1 cm³/mol. The molecule has 0 N–H and O–H groups in total. The molecule has 0 aliphatic carbocycles. The van der Waals surface area contributed by atoms with Gasteiger partial charge in [0.05, 0.1) is 0 Å². The maximum atomic E-state index is 2.28. The van der Waals surface area contributed by atoms with Gasteiger partial charge in [0.1, 0.15) is 0 Å². The normalized spacial score (nSPS) is 13.8. The Bertz CT molecular complexity index is 118. The van der Waals surface area contributed by atoms with Crippen molar-refractivity contribution < 1.29 is 0 Å². The molecule has 0 saturated carbocycles. The van der Waals surface area contributed by atoms with Crippen molar-refractivity contribution in [3.8, 4) is 0 Å². The zero-order chi connectivity index (χ0) is 8.15. The van der Waals surface area contributed by atoms with Gasteiger partial charge < -0.3 is 0 Å². The third-order valence-corrected chi connectivity index (χ3v) is 2.16. The lowest BCUT2D eigenvalue weighted by atomic mass is 9.95. The summed E-state index contributed by atoms with van der Waals surface area (Å²) in [5.41, 5.74) is 3.22. The summed E-state index contributed by atoms with van der Waals surface area (Å²) in [4.78, 5) is 0. The molecular weight excluding hydrogens is 120 g/mol. The quantitative estimate of drug-likeness (QED) is 0.523. The van der Waals surface area contributed by atoms with Crippen LogP contribution in [0.1, 0.15) is 47.5 Å². The van der Waals surface area contributed by atoms with Crippen molar-refractivity contribution in [2.75, 3.05) is 0 Å². The molecule has 0 radical (unpaired) electrons. The van der Waals surface area contributed by atoms with E-state index >= 15 is 0 Å². The second-order valence-corrected chi connectivity index (χ2v) is 3.17. The van der Waals surface area contributed by atoms with Gasteiger partial charge in [-0.05, 0) is 25.7 Å². The Morgan fingerprint density at radius 2 is 1.60 bits per heavy atom. The molecule has 0 unspecified atom stereocenters. The molecule has 0 rings (SSSR count). The van der Waals surface area contributed by atoms with Crippen LogP contribution in [0.15, 0.2) is 11.1 Å². The van der Waals surface area contributed by atoms with E-state index in [0.717, 1.165) is 5.92 Å². The Morgan fingerprint density at radius 3 is 1.70 bits per heavy atom. The van der Waals surface area contributed by atoms with Gasteiger partial charge in [-0.25, -0.2) is 0 Å². The Hall–Kier alpha value is -0.260. The van der Waals surface area contributed by atoms with Crippen molar-refractivity contribution in [2.24, 2.45) is 5.92 Å². The van der Waals surface area contributed by atoms with Gasteiger partial charge in [0.2, 0.25) is 0 Å². The average Bonchev–Trinajstić information content (AvgIpc) is 1.88. The molecule has 0 bridgehead atoms. The lowest BCUT2D eigenvalue weighted by molar-refractivity contribution is 0.711. The number of hydrogen-bond acceptors (Lipinski definition) is 0. The van der Waals surface area contributed by atoms with E-state index in [4.69, 9.17) is 0 Å². The summed E-state index contributed by atoms with van der Waals surface area (Å²) in [5.74, 6) is 0.741. The van der Waals surface area contributed by atoms with Gasteiger partial charge in [-0.2, -0.15) is 0 Å². The topological polar surface area (TPSA) is 0 Å². The highest BCUT2D eigenvalue weighted by atomic mass is 14.1. The van der Waals surface area contributed by atoms with E-state index < -0.39 is 0 Å². The molecule has 0 nitrogen and oxygen atoms in total. The summed E-state index contributed by atoms with van der Waals surface area (Å²) in [6.07, 6.45) is 2.43. The number of hydrogen-bond donors (Lipinski definition) is 0. The molecule has 0 spiro atoms. The first-order chi connectivity index (χ1) is 4.63. The maximum Gasteiger partial charge on any atom is -0.0258 e. The van der Waals surface area contributed by atoms with Crippen LogP contribution in [-0.2, 0) is 0 Å². The number of rotatable bonds is 3. The first-order valence-corrected chi connectivity index (χ1v) is 4.31. The van der Waals surface area contributed by atoms with E-state index in [1.807, 2.05) is 0 Å². The van der Waals surface area contributed by atoms with Gasteiger partial charge >= 0.3 is 0 Å². The van der Waals surface area contributed by atoms with Crippen LogP contribution in [0.2, 0.25) is 0 Å². The highest BCUT2D eigenvalue weighted by Crippen LogP contribution is 2.19. The van der Waals surface area contributed by atoms with Gasteiger partial charge in [-0.3, -0.25) is 0 Å². The molecular formula is C10H20. The minimum atomic E-state index is 0.741. The second kappa shape index (κ2) is 4.54. The molecule has 0 aromatic heterocycles. The van der Waals surface area contributed by atoms with Crippen molar-refractivity contribution in [3.05, 3.63) is 11.1 Å². The fourth-order valence-electron chi connectivity index (χ4n) is 1.43. The predicted octanol–water partition coefficient (Wildman–Crippen LogP) is 3.78. The molecule has 0 atom stereocenters. The summed E-state index contributed by atoms with van der Waals surface area (Å²) in [6.45, 7) is 11.3. The van der Waals surface area contributed by atoms with Crippen LogP contribution < -0.4 is 0 Å². The molecule has 0 saturated heterocycles. The van der Waals surface area contributed by atoms with Gasteiger partial charge in [-0.15, -0.1) is 0 Å². The van der Waals surface area contributed by atoms with Gasteiger partial charge in [0.15, 0.2) is 0 Å². The Balaban J connectivity index is 4.29. The van der Waals surface area contributed by atoms with Crippen LogP contribution in [0.5, 0.6) is 0 Å². The molecule has 0 heterocycles. The van der Waals surface area contributed by atoms with E-state index in [1.54, 1.807) is 11.1 Å². The average molecular weight is 140 g/mol. The monoisotopic (exact) mass is 140 g/mol. The van der Waals surface area contributed by atoms with Crippen molar-refractivity contribution in [1.29, 1.82) is 0 Å². The zero-order valence-corrected chi connectivity index (χ0v) is 7.99. The Kier molecular flexibility index (Phi) is 4.42. The third kappa shape index (κ3) is 2.55. The molecule has 0 fully saturated rings. The highest BCUT2D eigenvalue weighted by Gasteiger charge is 2.02. The first-order valence-electron chi connectivity index (χ1n) is 4.31. The molecule has 0 aliphatic rings. The minimum absolute atomic E-state index is 0.741. The van der Waals surface area contributed by atoms with E-state index in [0.29, 0.717) is 0 Å². The minimum Gasteiger partial charge on any atom is -0.0741 e. The van der Waals surface area contributed by atoms with Crippen LogP contribution in [0.25, 0.3) is 0 Å². The molecule has 0 heteroatoms. The molecule has 0 amide bonds. The fourth-order valence-corrected chi connectivity index (χ4v) is 1.43. The van der Waals surface area contributed by atoms with Crippen LogP contribution in [0.3, 0.4) is 0 Å². The van der Waals surface area contributed by atoms with Crippen LogP contribution in [0, 0.1) is 5.92 Å². The lowest BCUT2D eigenvalue weighted by Crippen LogP contribution is -1.95. The molecule has 0 aromatic carbocycles. The van der Waals surface area contributed by atoms with E-state index in [1.165, 1.54) is 12.8 Å². The smallest absolute Gasteiger partial charge is 0.0258 e.